The Morgan fingerprint density at radius 1 is 1.14 bits per heavy atom. The fourth-order valence-electron chi connectivity index (χ4n) is 5.00. The number of hydrogen-bond donors (Lipinski definition) is 0. The molecule has 190 valence electrons. The molecule has 1 saturated heterocycles. The molecule has 0 radical (unpaired) electrons. The van der Waals surface area contributed by atoms with Crippen molar-refractivity contribution < 1.29 is 18.7 Å². The van der Waals surface area contributed by atoms with Crippen molar-refractivity contribution in [2.75, 3.05) is 31.1 Å². The van der Waals surface area contributed by atoms with Crippen LogP contribution in [0.4, 0.5) is 15.0 Å². The van der Waals surface area contributed by atoms with Crippen LogP contribution < -0.4 is 9.64 Å². The number of halogens is 2. The van der Waals surface area contributed by atoms with E-state index in [0.717, 1.165) is 5.39 Å². The number of aromatic nitrogens is 3. The standard InChI is InChI=1S/C27H25ClFN5O3/c1-27(2,3)37-26(35)33-10-11-34-16(12-33)13-36-25-20-23(30-14-31-24(20)34)21(29)22(32-25)17-8-4-6-15-7-5-9-18(28)19(15)17/h4-9,14,16H,10-13H2,1-3H3/t16-/m0/s1. The number of nitrogens with zero attached hydrogens (tertiary/aromatic N) is 5. The predicted molar refractivity (Wildman–Crippen MR) is 140 cm³/mol. The zero-order valence-corrected chi connectivity index (χ0v) is 21.4. The van der Waals surface area contributed by atoms with Gasteiger partial charge in [-0.2, -0.15) is 0 Å². The zero-order chi connectivity index (χ0) is 25.9. The molecule has 1 fully saturated rings. The van der Waals surface area contributed by atoms with Crippen LogP contribution in [0.25, 0.3) is 32.9 Å². The van der Waals surface area contributed by atoms with Gasteiger partial charge in [0.25, 0.3) is 0 Å². The molecule has 10 heteroatoms. The van der Waals surface area contributed by atoms with Crippen LogP contribution in [0.15, 0.2) is 42.7 Å². The average molecular weight is 522 g/mol. The molecule has 2 aromatic carbocycles. The number of fused-ring (bicyclic) bond motifs is 3. The molecule has 1 atom stereocenters. The monoisotopic (exact) mass is 521 g/mol. The number of carbonyl (C=O) groups is 1. The number of piperazine rings is 1. The Bertz CT molecular complexity index is 1550. The van der Waals surface area contributed by atoms with Gasteiger partial charge in [-0.15, -0.1) is 0 Å². The summed E-state index contributed by atoms with van der Waals surface area (Å²) in [6, 6.07) is 10.9. The third-order valence-corrected chi connectivity index (χ3v) is 6.91. The van der Waals surface area contributed by atoms with Gasteiger partial charge >= 0.3 is 6.09 Å². The van der Waals surface area contributed by atoms with E-state index in [4.69, 9.17) is 21.1 Å². The van der Waals surface area contributed by atoms with Crippen molar-refractivity contribution >= 4 is 45.2 Å². The maximum atomic E-state index is 16.1. The lowest BCUT2D eigenvalue weighted by molar-refractivity contribution is 0.0202. The summed E-state index contributed by atoms with van der Waals surface area (Å²) in [6.07, 6.45) is 0.980. The van der Waals surface area contributed by atoms with Crippen LogP contribution in [-0.4, -0.2) is 63.8 Å². The summed E-state index contributed by atoms with van der Waals surface area (Å²) >= 11 is 6.52. The molecule has 0 saturated carbocycles. The molecule has 1 amide bonds. The summed E-state index contributed by atoms with van der Waals surface area (Å²) < 4.78 is 27.8. The number of anilines is 1. The first-order valence-corrected chi connectivity index (χ1v) is 12.5. The molecule has 0 bridgehead atoms. The van der Waals surface area contributed by atoms with Crippen molar-refractivity contribution in [3.05, 3.63) is 53.6 Å². The Labute approximate surface area is 218 Å². The third kappa shape index (κ3) is 4.07. The van der Waals surface area contributed by atoms with Gasteiger partial charge in [0, 0.05) is 35.6 Å². The highest BCUT2D eigenvalue weighted by atomic mass is 35.5. The van der Waals surface area contributed by atoms with E-state index in [0.29, 0.717) is 46.8 Å². The molecule has 0 N–H and O–H groups in total. The second-order valence-corrected chi connectivity index (χ2v) is 10.6. The van der Waals surface area contributed by atoms with Crippen molar-refractivity contribution in [1.82, 2.24) is 19.9 Å². The molecule has 6 rings (SSSR count). The molecule has 4 aromatic rings. The van der Waals surface area contributed by atoms with Gasteiger partial charge in [0.1, 0.15) is 40.9 Å². The lowest BCUT2D eigenvalue weighted by Crippen LogP contribution is -2.57. The van der Waals surface area contributed by atoms with Gasteiger partial charge in [0.05, 0.1) is 6.04 Å². The molecular weight excluding hydrogens is 497 g/mol. The lowest BCUT2D eigenvalue weighted by atomic mass is 10.0. The van der Waals surface area contributed by atoms with Gasteiger partial charge in [0.2, 0.25) is 5.88 Å². The Balaban J connectivity index is 1.43. The first-order valence-electron chi connectivity index (χ1n) is 12.1. The molecular formula is C27H25ClFN5O3. The van der Waals surface area contributed by atoms with Crippen LogP contribution in [0.3, 0.4) is 0 Å². The SMILES string of the molecule is CC(C)(C)OC(=O)N1CCN2c3ncnc4c(F)c(-c5cccc6cccc(Cl)c56)nc(c34)OC[C@@H]2C1. The average Bonchev–Trinajstić information content (AvgIpc) is 3.02. The number of carbonyl (C=O) groups excluding carboxylic acids is 1. The highest BCUT2D eigenvalue weighted by molar-refractivity contribution is 6.36. The number of rotatable bonds is 1. The van der Waals surface area contributed by atoms with Gasteiger partial charge in [-0.25, -0.2) is 24.1 Å². The summed E-state index contributed by atoms with van der Waals surface area (Å²) in [6.45, 7) is 7.05. The molecule has 0 spiro atoms. The number of pyridine rings is 1. The first kappa shape index (κ1) is 23.7. The normalized spacial score (nSPS) is 17.4. The summed E-state index contributed by atoms with van der Waals surface area (Å²) in [7, 11) is 0. The van der Waals surface area contributed by atoms with E-state index in [9.17, 15) is 4.79 Å². The van der Waals surface area contributed by atoms with E-state index in [2.05, 4.69) is 15.0 Å². The fraction of sp³-hybridized carbons (Fsp3) is 0.333. The van der Waals surface area contributed by atoms with E-state index < -0.39 is 11.4 Å². The molecule has 2 aliphatic rings. The van der Waals surface area contributed by atoms with Crippen molar-refractivity contribution in [1.29, 1.82) is 0 Å². The fourth-order valence-corrected chi connectivity index (χ4v) is 5.28. The van der Waals surface area contributed by atoms with Crippen LogP contribution in [0.2, 0.25) is 5.02 Å². The topological polar surface area (TPSA) is 80.7 Å². The van der Waals surface area contributed by atoms with Gasteiger partial charge < -0.3 is 19.3 Å². The smallest absolute Gasteiger partial charge is 0.410 e. The summed E-state index contributed by atoms with van der Waals surface area (Å²) in [5.74, 6) is 0.230. The van der Waals surface area contributed by atoms with E-state index in [1.54, 1.807) is 17.0 Å². The molecule has 8 nitrogen and oxygen atoms in total. The largest absolute Gasteiger partial charge is 0.475 e. The van der Waals surface area contributed by atoms with Crippen LogP contribution in [-0.2, 0) is 4.74 Å². The number of benzene rings is 2. The quantitative estimate of drug-likeness (QED) is 0.329. The van der Waals surface area contributed by atoms with Crippen LogP contribution >= 0.6 is 11.6 Å². The summed E-state index contributed by atoms with van der Waals surface area (Å²) in [5.41, 5.74) is 0.206. The van der Waals surface area contributed by atoms with E-state index in [1.807, 2.05) is 49.9 Å². The molecule has 0 aliphatic carbocycles. The van der Waals surface area contributed by atoms with Gasteiger partial charge in [-0.1, -0.05) is 41.9 Å². The number of amides is 1. The molecule has 4 heterocycles. The lowest BCUT2D eigenvalue weighted by Gasteiger charge is -2.41. The second kappa shape index (κ2) is 8.69. The molecule has 0 unspecified atom stereocenters. The third-order valence-electron chi connectivity index (χ3n) is 6.60. The number of hydrogen-bond acceptors (Lipinski definition) is 7. The van der Waals surface area contributed by atoms with Crippen molar-refractivity contribution in [2.45, 2.75) is 32.4 Å². The van der Waals surface area contributed by atoms with Gasteiger partial charge in [-0.05, 0) is 32.2 Å². The Kier molecular flexibility index (Phi) is 5.56. The highest BCUT2D eigenvalue weighted by Crippen LogP contribution is 2.41. The van der Waals surface area contributed by atoms with Crippen molar-refractivity contribution in [3.8, 4) is 17.1 Å². The van der Waals surface area contributed by atoms with E-state index >= 15 is 4.39 Å². The second-order valence-electron chi connectivity index (χ2n) is 10.2. The van der Waals surface area contributed by atoms with Crippen LogP contribution in [0, 0.1) is 5.82 Å². The maximum Gasteiger partial charge on any atom is 0.410 e. The zero-order valence-electron chi connectivity index (χ0n) is 20.7. The minimum Gasteiger partial charge on any atom is -0.475 e. The number of ether oxygens (including phenoxy) is 2. The summed E-state index contributed by atoms with van der Waals surface area (Å²) in [4.78, 5) is 29.8. The summed E-state index contributed by atoms with van der Waals surface area (Å²) in [5, 5.41) is 2.51. The first-order chi connectivity index (χ1) is 17.7. The Hall–Kier alpha value is -3.72. The van der Waals surface area contributed by atoms with Gasteiger partial charge in [0.15, 0.2) is 5.82 Å². The minimum absolute atomic E-state index is 0.112. The Morgan fingerprint density at radius 2 is 1.92 bits per heavy atom. The van der Waals surface area contributed by atoms with E-state index in [1.165, 1.54) is 6.33 Å². The molecule has 2 aromatic heterocycles. The molecule has 37 heavy (non-hydrogen) atoms. The van der Waals surface area contributed by atoms with Crippen LogP contribution in [0.1, 0.15) is 20.8 Å². The Morgan fingerprint density at radius 3 is 2.70 bits per heavy atom. The molecule has 2 aliphatic heterocycles. The van der Waals surface area contributed by atoms with Crippen LogP contribution in [0.5, 0.6) is 5.88 Å². The van der Waals surface area contributed by atoms with E-state index in [-0.39, 0.29) is 35.8 Å². The van der Waals surface area contributed by atoms with Crippen molar-refractivity contribution in [2.24, 2.45) is 0 Å². The highest BCUT2D eigenvalue weighted by Gasteiger charge is 2.37. The predicted octanol–water partition coefficient (Wildman–Crippen LogP) is 5.46. The minimum atomic E-state index is -0.592. The maximum absolute atomic E-state index is 16.1. The van der Waals surface area contributed by atoms with Gasteiger partial charge in [-0.3, -0.25) is 0 Å². The van der Waals surface area contributed by atoms with Crippen molar-refractivity contribution in [3.63, 3.8) is 0 Å².